The maximum absolute atomic E-state index is 12.2. The lowest BCUT2D eigenvalue weighted by Gasteiger charge is -2.20. The van der Waals surface area contributed by atoms with Gasteiger partial charge in [-0.3, -0.25) is 4.79 Å². The van der Waals surface area contributed by atoms with Crippen LogP contribution in [0, 0.1) is 0 Å². The monoisotopic (exact) mass is 337 g/mol. The van der Waals surface area contributed by atoms with Gasteiger partial charge in [-0.1, -0.05) is 54.8 Å². The van der Waals surface area contributed by atoms with Crippen molar-refractivity contribution >= 4 is 27.9 Å². The Labute approximate surface area is 131 Å². The molecule has 2 nitrogen and oxygen atoms in total. The molecule has 0 radical (unpaired) electrons. The van der Waals surface area contributed by atoms with E-state index < -0.39 is 0 Å². The third-order valence-electron chi connectivity index (χ3n) is 3.16. The number of amides is 1. The average Bonchev–Trinajstić information content (AvgIpc) is 2.46. The van der Waals surface area contributed by atoms with Gasteiger partial charge in [0, 0.05) is 23.6 Å². The van der Waals surface area contributed by atoms with Crippen LogP contribution in [0.15, 0.2) is 34.8 Å². The fraction of sp³-hybridized carbons (Fsp3) is 0.471. The van der Waals surface area contributed by atoms with E-state index in [0.717, 1.165) is 48.8 Å². The molecule has 0 bridgehead atoms. The summed E-state index contributed by atoms with van der Waals surface area (Å²) in [5.74, 6) is 0.120. The van der Waals surface area contributed by atoms with Crippen LogP contribution < -0.4 is 0 Å². The zero-order chi connectivity index (χ0) is 14.8. The van der Waals surface area contributed by atoms with Gasteiger partial charge in [0.2, 0.25) is 5.91 Å². The second-order valence-corrected chi connectivity index (χ2v) is 5.83. The molecule has 0 fully saturated rings. The highest BCUT2D eigenvalue weighted by atomic mass is 79.9. The molecule has 0 aromatic heterocycles. The summed E-state index contributed by atoms with van der Waals surface area (Å²) in [4.78, 5) is 14.2. The van der Waals surface area contributed by atoms with E-state index in [1.54, 1.807) is 6.08 Å². The Hall–Kier alpha value is -1.09. The van der Waals surface area contributed by atoms with Crippen molar-refractivity contribution in [2.45, 2.75) is 39.5 Å². The molecule has 1 aromatic rings. The SMILES string of the molecule is CCCCN(CCCC)C(=O)/C=C/c1ccc(Br)cc1. The smallest absolute Gasteiger partial charge is 0.246 e. The number of rotatable bonds is 8. The topological polar surface area (TPSA) is 20.3 Å². The Balaban J connectivity index is 2.61. The van der Waals surface area contributed by atoms with E-state index in [0.29, 0.717) is 0 Å². The minimum atomic E-state index is 0.120. The Morgan fingerprint density at radius 2 is 1.65 bits per heavy atom. The van der Waals surface area contributed by atoms with Gasteiger partial charge in [-0.2, -0.15) is 0 Å². The van der Waals surface area contributed by atoms with Crippen LogP contribution in [-0.2, 0) is 4.79 Å². The second kappa shape index (κ2) is 9.76. The van der Waals surface area contributed by atoms with E-state index in [9.17, 15) is 4.79 Å². The van der Waals surface area contributed by atoms with Crippen molar-refractivity contribution in [3.63, 3.8) is 0 Å². The standard InChI is InChI=1S/C17H24BrNO/c1-3-5-13-19(14-6-4-2)17(20)12-9-15-7-10-16(18)11-8-15/h7-12H,3-6,13-14H2,1-2H3/b12-9+. The summed E-state index contributed by atoms with van der Waals surface area (Å²) in [6.45, 7) is 6.03. The maximum Gasteiger partial charge on any atom is 0.246 e. The van der Waals surface area contributed by atoms with Gasteiger partial charge in [-0.15, -0.1) is 0 Å². The van der Waals surface area contributed by atoms with Crippen molar-refractivity contribution < 1.29 is 4.79 Å². The molecule has 1 amide bonds. The van der Waals surface area contributed by atoms with Crippen molar-refractivity contribution in [1.29, 1.82) is 0 Å². The van der Waals surface area contributed by atoms with Gasteiger partial charge in [-0.05, 0) is 36.6 Å². The van der Waals surface area contributed by atoms with E-state index in [-0.39, 0.29) is 5.91 Å². The van der Waals surface area contributed by atoms with Crippen molar-refractivity contribution in [2.24, 2.45) is 0 Å². The van der Waals surface area contributed by atoms with Crippen LogP contribution in [0.5, 0.6) is 0 Å². The highest BCUT2D eigenvalue weighted by Gasteiger charge is 2.08. The third-order valence-corrected chi connectivity index (χ3v) is 3.69. The number of nitrogens with zero attached hydrogens (tertiary/aromatic N) is 1. The van der Waals surface area contributed by atoms with Crippen molar-refractivity contribution in [2.75, 3.05) is 13.1 Å². The number of carbonyl (C=O) groups is 1. The predicted molar refractivity (Wildman–Crippen MR) is 89.6 cm³/mol. The van der Waals surface area contributed by atoms with Gasteiger partial charge in [0.05, 0.1) is 0 Å². The van der Waals surface area contributed by atoms with Crippen LogP contribution in [0.4, 0.5) is 0 Å². The van der Waals surface area contributed by atoms with Gasteiger partial charge in [0.1, 0.15) is 0 Å². The summed E-state index contributed by atoms with van der Waals surface area (Å²) in [7, 11) is 0. The molecule has 20 heavy (non-hydrogen) atoms. The van der Waals surface area contributed by atoms with Crippen LogP contribution >= 0.6 is 15.9 Å². The molecular formula is C17H24BrNO. The number of hydrogen-bond acceptors (Lipinski definition) is 1. The molecule has 0 saturated heterocycles. The minimum absolute atomic E-state index is 0.120. The molecule has 0 atom stereocenters. The van der Waals surface area contributed by atoms with E-state index in [4.69, 9.17) is 0 Å². The van der Waals surface area contributed by atoms with Crippen LogP contribution in [0.25, 0.3) is 6.08 Å². The molecule has 0 aliphatic rings. The molecule has 3 heteroatoms. The summed E-state index contributed by atoms with van der Waals surface area (Å²) in [5.41, 5.74) is 1.05. The Morgan fingerprint density at radius 1 is 1.10 bits per heavy atom. The van der Waals surface area contributed by atoms with E-state index in [1.807, 2.05) is 35.2 Å². The predicted octanol–water partition coefficient (Wildman–Crippen LogP) is 4.89. The Kier molecular flexibility index (Phi) is 8.28. The summed E-state index contributed by atoms with van der Waals surface area (Å²) >= 11 is 3.41. The Morgan fingerprint density at radius 3 is 2.15 bits per heavy atom. The maximum atomic E-state index is 12.2. The first-order valence-corrected chi connectivity index (χ1v) is 8.19. The highest BCUT2D eigenvalue weighted by molar-refractivity contribution is 9.10. The molecular weight excluding hydrogens is 314 g/mol. The molecule has 0 N–H and O–H groups in total. The molecule has 0 saturated carbocycles. The number of benzene rings is 1. The summed E-state index contributed by atoms with van der Waals surface area (Å²) < 4.78 is 1.05. The van der Waals surface area contributed by atoms with Crippen LogP contribution in [0.3, 0.4) is 0 Å². The van der Waals surface area contributed by atoms with Gasteiger partial charge in [0.15, 0.2) is 0 Å². The fourth-order valence-electron chi connectivity index (χ4n) is 1.88. The first-order chi connectivity index (χ1) is 9.67. The zero-order valence-corrected chi connectivity index (χ0v) is 14.0. The quantitative estimate of drug-likeness (QED) is 0.618. The summed E-state index contributed by atoms with van der Waals surface area (Å²) in [6, 6.07) is 7.96. The number of carbonyl (C=O) groups excluding carboxylic acids is 1. The van der Waals surface area contributed by atoms with E-state index in [1.165, 1.54) is 0 Å². The Bertz CT molecular complexity index is 417. The van der Waals surface area contributed by atoms with Gasteiger partial charge >= 0.3 is 0 Å². The minimum Gasteiger partial charge on any atom is -0.339 e. The van der Waals surface area contributed by atoms with Crippen molar-refractivity contribution in [3.8, 4) is 0 Å². The first kappa shape index (κ1) is 17.0. The summed E-state index contributed by atoms with van der Waals surface area (Å²) in [5, 5.41) is 0. The number of unbranched alkanes of at least 4 members (excludes halogenated alkanes) is 2. The van der Waals surface area contributed by atoms with Gasteiger partial charge in [0.25, 0.3) is 0 Å². The number of halogens is 1. The molecule has 0 heterocycles. The normalized spacial score (nSPS) is 10.9. The first-order valence-electron chi connectivity index (χ1n) is 7.40. The lowest BCUT2D eigenvalue weighted by atomic mass is 10.2. The summed E-state index contributed by atoms with van der Waals surface area (Å²) in [6.07, 6.45) is 7.95. The molecule has 1 rings (SSSR count). The molecule has 110 valence electrons. The van der Waals surface area contributed by atoms with Gasteiger partial charge in [-0.25, -0.2) is 0 Å². The fourth-order valence-corrected chi connectivity index (χ4v) is 2.14. The van der Waals surface area contributed by atoms with Crippen LogP contribution in [-0.4, -0.2) is 23.9 Å². The second-order valence-electron chi connectivity index (χ2n) is 4.92. The van der Waals surface area contributed by atoms with E-state index >= 15 is 0 Å². The van der Waals surface area contributed by atoms with Crippen LogP contribution in [0.1, 0.15) is 45.1 Å². The zero-order valence-electron chi connectivity index (χ0n) is 12.4. The molecule has 0 unspecified atom stereocenters. The molecule has 1 aromatic carbocycles. The third kappa shape index (κ3) is 6.38. The lowest BCUT2D eigenvalue weighted by molar-refractivity contribution is -0.126. The van der Waals surface area contributed by atoms with Crippen molar-refractivity contribution in [1.82, 2.24) is 4.90 Å². The van der Waals surface area contributed by atoms with E-state index in [2.05, 4.69) is 29.8 Å². The van der Waals surface area contributed by atoms with Gasteiger partial charge < -0.3 is 4.90 Å². The van der Waals surface area contributed by atoms with Crippen molar-refractivity contribution in [3.05, 3.63) is 40.4 Å². The largest absolute Gasteiger partial charge is 0.339 e. The number of hydrogen-bond donors (Lipinski definition) is 0. The lowest BCUT2D eigenvalue weighted by Crippen LogP contribution is -2.31. The molecule has 0 aliphatic carbocycles. The highest BCUT2D eigenvalue weighted by Crippen LogP contribution is 2.12. The van der Waals surface area contributed by atoms with Crippen LogP contribution in [0.2, 0.25) is 0 Å². The molecule has 0 spiro atoms. The average molecular weight is 338 g/mol. The molecule has 0 aliphatic heterocycles.